The third-order valence-corrected chi connectivity index (χ3v) is 13.7. The Hall–Kier alpha value is -8.60. The van der Waals surface area contributed by atoms with Crippen molar-refractivity contribution < 1.29 is 0 Å². The van der Waals surface area contributed by atoms with Crippen molar-refractivity contribution in [3.05, 3.63) is 243 Å². The number of benzene rings is 10. The Morgan fingerprint density at radius 2 is 0.716 bits per heavy atom. The Balaban J connectivity index is 1.07. The lowest BCUT2D eigenvalue weighted by molar-refractivity contribution is 0.875. The molecule has 0 saturated heterocycles. The van der Waals surface area contributed by atoms with Gasteiger partial charge in [0.1, 0.15) is 0 Å². The molecule has 0 unspecified atom stereocenters. The molecule has 0 fully saturated rings. The highest BCUT2D eigenvalue weighted by atomic mass is 15.2. The first-order valence-electron chi connectivity index (χ1n) is 23.4. The number of fused-ring (bicyclic) bond motifs is 8. The van der Waals surface area contributed by atoms with Gasteiger partial charge in [-0.3, -0.25) is 0 Å². The van der Waals surface area contributed by atoms with E-state index in [1.54, 1.807) is 0 Å². The standard InChI is InChI=1S/C63H46N4/c1-2-7-27-46(26-6-1)66-58-36-20-18-30-50(58)56-42-48(38-40-60(56)66)64(44-22-8-3-9-23-44)62-52-32-14-16-34-54(52)63(55-35-17-15-33-53(55)62)65(45-24-10-4-11-25-45)49-39-41-61-57(43-49)51-31-19-21-37-59(51)67(61)47-28-12-5-13-29-47/h3-6,8-43H,1-2,7H2. The van der Waals surface area contributed by atoms with Crippen molar-refractivity contribution in [2.45, 2.75) is 19.3 Å². The van der Waals surface area contributed by atoms with Crippen molar-refractivity contribution >= 4 is 105 Å². The summed E-state index contributed by atoms with van der Waals surface area (Å²) < 4.78 is 4.84. The summed E-state index contributed by atoms with van der Waals surface area (Å²) in [6.45, 7) is 0. The van der Waals surface area contributed by atoms with Crippen molar-refractivity contribution in [2.24, 2.45) is 0 Å². The summed E-state index contributed by atoms with van der Waals surface area (Å²) in [5.74, 6) is 0. The van der Waals surface area contributed by atoms with Crippen molar-refractivity contribution in [2.75, 3.05) is 9.80 Å². The first-order chi connectivity index (χ1) is 33.3. The van der Waals surface area contributed by atoms with Crippen molar-refractivity contribution in [3.8, 4) is 5.69 Å². The summed E-state index contributed by atoms with van der Waals surface area (Å²) in [5.41, 5.74) is 13.9. The number of para-hydroxylation sites is 5. The maximum atomic E-state index is 2.49. The molecular weight excluding hydrogens is 813 g/mol. The molecule has 13 rings (SSSR count). The van der Waals surface area contributed by atoms with E-state index >= 15 is 0 Å². The predicted molar refractivity (Wildman–Crippen MR) is 285 cm³/mol. The number of hydrogen-bond donors (Lipinski definition) is 0. The molecule has 67 heavy (non-hydrogen) atoms. The van der Waals surface area contributed by atoms with Gasteiger partial charge in [-0.25, -0.2) is 0 Å². The second-order valence-electron chi connectivity index (χ2n) is 17.5. The maximum Gasteiger partial charge on any atom is 0.0619 e. The van der Waals surface area contributed by atoms with Gasteiger partial charge in [0.2, 0.25) is 0 Å². The lowest BCUT2D eigenvalue weighted by atomic mass is 9.95. The second kappa shape index (κ2) is 16.1. The van der Waals surface area contributed by atoms with Crippen LogP contribution in [0.25, 0.3) is 76.5 Å². The van der Waals surface area contributed by atoms with Gasteiger partial charge < -0.3 is 18.9 Å². The summed E-state index contributed by atoms with van der Waals surface area (Å²) in [6.07, 6.45) is 10.4. The van der Waals surface area contributed by atoms with Gasteiger partial charge in [-0.2, -0.15) is 0 Å². The number of hydrogen-bond acceptors (Lipinski definition) is 2. The van der Waals surface area contributed by atoms with Crippen LogP contribution in [0.2, 0.25) is 0 Å². The quantitative estimate of drug-likeness (QED) is 0.112. The third-order valence-electron chi connectivity index (χ3n) is 13.7. The molecule has 10 aromatic carbocycles. The van der Waals surface area contributed by atoms with E-state index in [2.05, 4.69) is 262 Å². The molecule has 2 aromatic heterocycles. The molecule has 1 aliphatic rings. The SMILES string of the molecule is C1=CC(n2c3ccccc3c3cc(N(c4ccccc4)c4c5ccccc5c(N(c5ccccc5)c5ccc6c(c5)c5ccccc5n6-c5ccccc5)c5ccccc45)ccc32)=CCCC1. The molecule has 0 aliphatic heterocycles. The van der Waals surface area contributed by atoms with Gasteiger partial charge in [0.05, 0.1) is 33.4 Å². The van der Waals surface area contributed by atoms with E-state index in [-0.39, 0.29) is 0 Å². The van der Waals surface area contributed by atoms with Gasteiger partial charge in [-0.15, -0.1) is 0 Å². The minimum Gasteiger partial charge on any atom is -0.310 e. The van der Waals surface area contributed by atoms with Crippen LogP contribution in [0.4, 0.5) is 34.1 Å². The Morgan fingerprint density at radius 1 is 0.313 bits per heavy atom. The van der Waals surface area contributed by atoms with Gasteiger partial charge in [0.15, 0.2) is 0 Å². The number of nitrogens with zero attached hydrogens (tertiary/aromatic N) is 4. The van der Waals surface area contributed by atoms with Gasteiger partial charge in [-0.05, 0) is 110 Å². The van der Waals surface area contributed by atoms with Crippen molar-refractivity contribution in [1.82, 2.24) is 9.13 Å². The van der Waals surface area contributed by atoms with E-state index in [1.165, 1.54) is 66.5 Å². The highest BCUT2D eigenvalue weighted by molar-refractivity contribution is 6.24. The highest BCUT2D eigenvalue weighted by Gasteiger charge is 2.27. The summed E-state index contributed by atoms with van der Waals surface area (Å²) in [7, 11) is 0. The molecule has 0 spiro atoms. The summed E-state index contributed by atoms with van der Waals surface area (Å²) in [4.78, 5) is 4.97. The van der Waals surface area contributed by atoms with Crippen LogP contribution in [-0.2, 0) is 0 Å². The molecule has 0 N–H and O–H groups in total. The number of anilines is 6. The molecule has 0 atom stereocenters. The first kappa shape index (κ1) is 38.8. The molecular formula is C63H46N4. The van der Waals surface area contributed by atoms with Crippen LogP contribution in [-0.4, -0.2) is 9.13 Å². The first-order valence-corrected chi connectivity index (χ1v) is 23.4. The fourth-order valence-corrected chi connectivity index (χ4v) is 10.8. The summed E-state index contributed by atoms with van der Waals surface area (Å²) >= 11 is 0. The summed E-state index contributed by atoms with van der Waals surface area (Å²) in [5, 5.41) is 9.58. The van der Waals surface area contributed by atoms with Crippen LogP contribution < -0.4 is 9.80 Å². The molecule has 0 radical (unpaired) electrons. The number of allylic oxidation sites excluding steroid dienone is 4. The van der Waals surface area contributed by atoms with Crippen LogP contribution in [0.3, 0.4) is 0 Å². The van der Waals surface area contributed by atoms with E-state index in [4.69, 9.17) is 0 Å². The second-order valence-corrected chi connectivity index (χ2v) is 17.5. The predicted octanol–water partition coefficient (Wildman–Crippen LogP) is 17.7. The minimum absolute atomic E-state index is 1.07. The fourth-order valence-electron chi connectivity index (χ4n) is 10.8. The van der Waals surface area contributed by atoms with E-state index in [9.17, 15) is 0 Å². The lowest BCUT2D eigenvalue weighted by Crippen LogP contribution is -2.14. The largest absolute Gasteiger partial charge is 0.310 e. The van der Waals surface area contributed by atoms with Crippen molar-refractivity contribution in [3.63, 3.8) is 0 Å². The topological polar surface area (TPSA) is 16.3 Å². The zero-order valence-corrected chi connectivity index (χ0v) is 37.0. The number of rotatable bonds is 8. The molecule has 4 nitrogen and oxygen atoms in total. The average Bonchev–Trinajstić information content (AvgIpc) is 3.75. The van der Waals surface area contributed by atoms with E-state index < -0.39 is 0 Å². The zero-order chi connectivity index (χ0) is 44.3. The molecule has 4 heteroatoms. The lowest BCUT2D eigenvalue weighted by Gasteiger charge is -2.33. The zero-order valence-electron chi connectivity index (χ0n) is 37.0. The van der Waals surface area contributed by atoms with Gasteiger partial charge >= 0.3 is 0 Å². The van der Waals surface area contributed by atoms with E-state index in [0.29, 0.717) is 0 Å². The van der Waals surface area contributed by atoms with Gasteiger partial charge in [-0.1, -0.05) is 152 Å². The Kier molecular flexibility index (Phi) is 9.35. The smallest absolute Gasteiger partial charge is 0.0619 e. The highest BCUT2D eigenvalue weighted by Crippen LogP contribution is 2.52. The molecule has 0 amide bonds. The van der Waals surface area contributed by atoms with Crippen LogP contribution >= 0.6 is 0 Å². The van der Waals surface area contributed by atoms with Gasteiger partial charge in [0, 0.05) is 77.2 Å². The molecule has 2 heterocycles. The van der Waals surface area contributed by atoms with Crippen LogP contribution in [0.5, 0.6) is 0 Å². The maximum absolute atomic E-state index is 2.49. The van der Waals surface area contributed by atoms with E-state index in [1.807, 2.05) is 0 Å². The van der Waals surface area contributed by atoms with Crippen LogP contribution in [0.1, 0.15) is 19.3 Å². The fraction of sp³-hybridized carbons (Fsp3) is 0.0476. The molecule has 318 valence electrons. The average molecular weight is 859 g/mol. The molecule has 12 aromatic rings. The molecule has 1 aliphatic carbocycles. The Morgan fingerprint density at radius 3 is 1.22 bits per heavy atom. The third kappa shape index (κ3) is 6.36. The minimum atomic E-state index is 1.07. The van der Waals surface area contributed by atoms with Gasteiger partial charge in [0.25, 0.3) is 0 Å². The Bertz CT molecular complexity index is 3840. The number of aromatic nitrogens is 2. The molecule has 0 saturated carbocycles. The summed E-state index contributed by atoms with van der Waals surface area (Å²) in [6, 6.07) is 82.2. The Labute approximate surface area is 389 Å². The van der Waals surface area contributed by atoms with Crippen LogP contribution in [0, 0.1) is 0 Å². The molecule has 0 bridgehead atoms. The van der Waals surface area contributed by atoms with Crippen LogP contribution in [0.15, 0.2) is 243 Å². The monoisotopic (exact) mass is 858 g/mol. The van der Waals surface area contributed by atoms with Crippen molar-refractivity contribution in [1.29, 1.82) is 0 Å². The van der Waals surface area contributed by atoms with E-state index in [0.717, 1.165) is 63.4 Å². The normalized spacial score (nSPS) is 12.9.